The molecule has 0 radical (unpaired) electrons. The number of sulfone groups is 1. The number of hydrogen-bond donors (Lipinski definition) is 0. The summed E-state index contributed by atoms with van der Waals surface area (Å²) in [4.78, 5) is 17.5. The number of benzene rings is 3. The third-order valence-corrected chi connectivity index (χ3v) is 8.76. The molecule has 1 atom stereocenters. The lowest BCUT2D eigenvalue weighted by molar-refractivity contribution is -0.133. The highest BCUT2D eigenvalue weighted by Crippen LogP contribution is 2.30. The van der Waals surface area contributed by atoms with Gasteiger partial charge in [0.2, 0.25) is 5.91 Å². The number of carbonyl (C=O) groups is 1. The summed E-state index contributed by atoms with van der Waals surface area (Å²) in [6.45, 7) is 4.54. The minimum atomic E-state index is -3.46. The molecule has 2 heterocycles. The van der Waals surface area contributed by atoms with Crippen LogP contribution in [0.15, 0.2) is 71.6 Å². The van der Waals surface area contributed by atoms with Crippen molar-refractivity contribution in [3.05, 3.63) is 100 Å². The Balaban J connectivity index is 1.26. The zero-order chi connectivity index (χ0) is 23.9. The average molecular weight is 475 g/mol. The molecule has 6 heteroatoms. The molecule has 34 heavy (non-hydrogen) atoms. The molecular weight excluding hydrogens is 444 g/mol. The lowest BCUT2D eigenvalue weighted by Gasteiger charge is -2.35. The predicted octanol–water partition coefficient (Wildman–Crippen LogP) is 4.29. The predicted molar refractivity (Wildman–Crippen MR) is 133 cm³/mol. The molecule has 0 fully saturated rings. The monoisotopic (exact) mass is 474 g/mol. The number of amides is 1. The second-order valence-electron chi connectivity index (χ2n) is 9.57. The van der Waals surface area contributed by atoms with Gasteiger partial charge in [-0.3, -0.25) is 9.69 Å². The molecule has 0 aromatic heterocycles. The largest absolute Gasteiger partial charge is 0.335 e. The highest BCUT2D eigenvalue weighted by molar-refractivity contribution is 7.90. The van der Waals surface area contributed by atoms with Crippen molar-refractivity contribution in [2.45, 2.75) is 49.5 Å². The summed E-state index contributed by atoms with van der Waals surface area (Å²) in [5.41, 5.74) is 6.64. The zero-order valence-corrected chi connectivity index (χ0v) is 20.5. The minimum absolute atomic E-state index is 0.0209. The van der Waals surface area contributed by atoms with Crippen LogP contribution >= 0.6 is 0 Å². The van der Waals surface area contributed by atoms with E-state index in [0.717, 1.165) is 30.6 Å². The molecule has 0 bridgehead atoms. The van der Waals surface area contributed by atoms with Crippen LogP contribution in [0.3, 0.4) is 0 Å². The van der Waals surface area contributed by atoms with Crippen molar-refractivity contribution >= 4 is 15.7 Å². The Kier molecular flexibility index (Phi) is 6.04. The molecular formula is C28H30N2O3S. The smallest absolute Gasteiger partial charge is 0.227 e. The lowest BCUT2D eigenvalue weighted by atomic mass is 9.93. The van der Waals surface area contributed by atoms with Gasteiger partial charge in [0.25, 0.3) is 0 Å². The molecule has 176 valence electrons. The van der Waals surface area contributed by atoms with Gasteiger partial charge in [0, 0.05) is 19.6 Å². The van der Waals surface area contributed by atoms with E-state index in [1.807, 2.05) is 35.2 Å². The topological polar surface area (TPSA) is 57.7 Å². The third-order valence-electron chi connectivity index (χ3n) is 7.06. The molecule has 1 unspecified atom stereocenters. The normalized spacial score (nSPS) is 17.9. The highest BCUT2D eigenvalue weighted by Gasteiger charge is 2.27. The Morgan fingerprint density at radius 1 is 0.912 bits per heavy atom. The summed E-state index contributed by atoms with van der Waals surface area (Å²) >= 11 is 0. The zero-order valence-electron chi connectivity index (χ0n) is 19.7. The van der Waals surface area contributed by atoms with Gasteiger partial charge in [-0.05, 0) is 65.9 Å². The van der Waals surface area contributed by atoms with Crippen LogP contribution in [0.4, 0.5) is 0 Å². The van der Waals surface area contributed by atoms with Crippen LogP contribution in [-0.2, 0) is 46.3 Å². The fourth-order valence-corrected chi connectivity index (χ4v) is 6.55. The molecule has 1 amide bonds. The van der Waals surface area contributed by atoms with E-state index in [1.165, 1.54) is 22.3 Å². The molecule has 2 aliphatic rings. The van der Waals surface area contributed by atoms with Gasteiger partial charge in [-0.25, -0.2) is 8.42 Å². The van der Waals surface area contributed by atoms with Crippen LogP contribution in [0.5, 0.6) is 0 Å². The molecule has 0 N–H and O–H groups in total. The average Bonchev–Trinajstić information content (AvgIpc) is 3.19. The van der Waals surface area contributed by atoms with Gasteiger partial charge >= 0.3 is 0 Å². The molecule has 5 rings (SSSR count). The van der Waals surface area contributed by atoms with Gasteiger partial charge in [-0.2, -0.15) is 0 Å². The van der Waals surface area contributed by atoms with E-state index in [0.29, 0.717) is 11.4 Å². The maximum atomic E-state index is 13.0. The second kappa shape index (κ2) is 9.01. The van der Waals surface area contributed by atoms with Gasteiger partial charge < -0.3 is 4.90 Å². The molecule has 5 nitrogen and oxygen atoms in total. The molecule has 3 aromatic rings. The Morgan fingerprint density at radius 2 is 1.62 bits per heavy atom. The number of rotatable bonds is 5. The first-order valence-electron chi connectivity index (χ1n) is 11.8. The Hall–Kier alpha value is -2.96. The van der Waals surface area contributed by atoms with Crippen molar-refractivity contribution in [1.82, 2.24) is 9.80 Å². The Labute approximate surface area is 201 Å². The highest BCUT2D eigenvalue weighted by atomic mass is 32.2. The Bertz CT molecular complexity index is 1330. The van der Waals surface area contributed by atoms with Crippen molar-refractivity contribution in [3.63, 3.8) is 0 Å². The molecule has 2 aliphatic heterocycles. The van der Waals surface area contributed by atoms with Crippen LogP contribution in [0, 0.1) is 0 Å². The van der Waals surface area contributed by atoms with Crippen molar-refractivity contribution in [2.24, 2.45) is 0 Å². The summed E-state index contributed by atoms with van der Waals surface area (Å²) in [6, 6.07) is 21.1. The fraction of sp³-hybridized carbons (Fsp3) is 0.321. The summed E-state index contributed by atoms with van der Waals surface area (Å²) in [7, 11) is -1.40. The van der Waals surface area contributed by atoms with Gasteiger partial charge in [0.15, 0.2) is 9.84 Å². The summed E-state index contributed by atoms with van der Waals surface area (Å²) < 4.78 is 26.0. The van der Waals surface area contributed by atoms with E-state index in [4.69, 9.17) is 0 Å². The molecule has 0 saturated carbocycles. The van der Waals surface area contributed by atoms with Crippen LogP contribution in [0.2, 0.25) is 0 Å². The molecule has 0 saturated heterocycles. The van der Waals surface area contributed by atoms with Crippen molar-refractivity contribution < 1.29 is 13.2 Å². The quantitative estimate of drug-likeness (QED) is 0.554. The fourth-order valence-electron chi connectivity index (χ4n) is 5.21. The third kappa shape index (κ3) is 4.52. The van der Waals surface area contributed by atoms with E-state index >= 15 is 0 Å². The minimum Gasteiger partial charge on any atom is -0.335 e. The van der Waals surface area contributed by atoms with Crippen LogP contribution in [0.1, 0.15) is 46.3 Å². The molecule has 0 aliphatic carbocycles. The van der Waals surface area contributed by atoms with Gasteiger partial charge in [-0.1, -0.05) is 54.6 Å². The van der Waals surface area contributed by atoms with E-state index in [1.54, 1.807) is 24.3 Å². The van der Waals surface area contributed by atoms with E-state index in [9.17, 15) is 13.2 Å². The molecule has 3 aromatic carbocycles. The molecule has 0 spiro atoms. The van der Waals surface area contributed by atoms with Crippen LogP contribution in [0.25, 0.3) is 0 Å². The number of carbonyl (C=O) groups excluding carboxylic acids is 1. The standard InChI is InChI=1S/C28H30N2O3S/c1-20-27-6-4-3-5-23(27)13-14-30(20)28(31)16-21-8-11-26(12-9-21)34(32,33)19-22-7-10-24-17-29(2)18-25(24)15-22/h3-12,15,20H,13-14,16-19H2,1-2H3. The number of nitrogens with zero attached hydrogens (tertiary/aromatic N) is 2. The Morgan fingerprint density at radius 3 is 2.41 bits per heavy atom. The number of hydrogen-bond acceptors (Lipinski definition) is 4. The van der Waals surface area contributed by atoms with Gasteiger partial charge in [0.1, 0.15) is 0 Å². The maximum absolute atomic E-state index is 13.0. The number of fused-ring (bicyclic) bond motifs is 2. The van der Waals surface area contributed by atoms with E-state index in [-0.39, 0.29) is 24.1 Å². The van der Waals surface area contributed by atoms with Crippen LogP contribution < -0.4 is 0 Å². The van der Waals surface area contributed by atoms with Gasteiger partial charge in [-0.15, -0.1) is 0 Å². The van der Waals surface area contributed by atoms with Crippen LogP contribution in [-0.4, -0.2) is 37.7 Å². The van der Waals surface area contributed by atoms with E-state index < -0.39 is 9.84 Å². The van der Waals surface area contributed by atoms with Gasteiger partial charge in [0.05, 0.1) is 23.1 Å². The first-order chi connectivity index (χ1) is 16.3. The SMILES string of the molecule is CC1c2ccccc2CCN1C(=O)Cc1ccc(S(=O)(=O)Cc2ccc3c(c2)CN(C)C3)cc1. The van der Waals surface area contributed by atoms with Crippen molar-refractivity contribution in [1.29, 1.82) is 0 Å². The second-order valence-corrected chi connectivity index (χ2v) is 11.6. The summed E-state index contributed by atoms with van der Waals surface area (Å²) in [5.74, 6) is 0.0493. The summed E-state index contributed by atoms with van der Waals surface area (Å²) in [5, 5.41) is 0. The van der Waals surface area contributed by atoms with Crippen molar-refractivity contribution in [2.75, 3.05) is 13.6 Å². The van der Waals surface area contributed by atoms with Crippen molar-refractivity contribution in [3.8, 4) is 0 Å². The first-order valence-corrected chi connectivity index (χ1v) is 13.4. The summed E-state index contributed by atoms with van der Waals surface area (Å²) in [6.07, 6.45) is 1.13. The first kappa shape index (κ1) is 22.8. The maximum Gasteiger partial charge on any atom is 0.227 e. The van der Waals surface area contributed by atoms with E-state index in [2.05, 4.69) is 31.0 Å². The lowest BCUT2D eigenvalue weighted by Crippen LogP contribution is -2.39.